The SMILES string of the molecule is CC1CCOCCN1C(=O)c1ccc(CNS(C)(=O)=O)o1. The predicted octanol–water partition coefficient (Wildman–Crippen LogP) is 0.580. The molecule has 1 N–H and O–H groups in total. The largest absolute Gasteiger partial charge is 0.455 e. The number of ether oxygens (including phenoxy) is 1. The summed E-state index contributed by atoms with van der Waals surface area (Å²) in [5, 5.41) is 0. The number of nitrogens with one attached hydrogen (secondary N) is 1. The van der Waals surface area contributed by atoms with Gasteiger partial charge in [0.2, 0.25) is 10.0 Å². The zero-order valence-electron chi connectivity index (χ0n) is 12.2. The molecule has 0 aliphatic carbocycles. The number of sulfonamides is 1. The summed E-state index contributed by atoms with van der Waals surface area (Å²) in [5.41, 5.74) is 0. The zero-order chi connectivity index (χ0) is 15.5. The summed E-state index contributed by atoms with van der Waals surface area (Å²) >= 11 is 0. The lowest BCUT2D eigenvalue weighted by atomic mass is 10.2. The molecule has 2 heterocycles. The van der Waals surface area contributed by atoms with Crippen molar-refractivity contribution in [2.45, 2.75) is 25.9 Å². The number of furan rings is 1. The smallest absolute Gasteiger partial charge is 0.289 e. The standard InChI is InChI=1S/C13H20N2O5S/c1-10-5-7-19-8-6-15(10)13(16)12-4-3-11(20-12)9-14-21(2,17)18/h3-4,10,14H,5-9H2,1-2H3. The molecule has 0 spiro atoms. The second kappa shape index (κ2) is 6.59. The minimum Gasteiger partial charge on any atom is -0.455 e. The molecule has 1 amide bonds. The molecule has 0 bridgehead atoms. The molecule has 2 rings (SSSR count). The van der Waals surface area contributed by atoms with Crippen LogP contribution in [0, 0.1) is 0 Å². The third-order valence-electron chi connectivity index (χ3n) is 3.33. The second-order valence-electron chi connectivity index (χ2n) is 5.11. The molecule has 1 saturated heterocycles. The lowest BCUT2D eigenvalue weighted by Gasteiger charge is -2.25. The first-order valence-corrected chi connectivity index (χ1v) is 8.68. The summed E-state index contributed by atoms with van der Waals surface area (Å²) in [6.45, 7) is 3.69. The Morgan fingerprint density at radius 3 is 2.90 bits per heavy atom. The van der Waals surface area contributed by atoms with Gasteiger partial charge in [0.15, 0.2) is 5.76 Å². The Morgan fingerprint density at radius 1 is 1.43 bits per heavy atom. The van der Waals surface area contributed by atoms with Gasteiger partial charge in [0, 0.05) is 19.2 Å². The van der Waals surface area contributed by atoms with E-state index in [9.17, 15) is 13.2 Å². The molecule has 118 valence electrons. The van der Waals surface area contributed by atoms with Gasteiger partial charge in [-0.05, 0) is 25.5 Å². The number of rotatable bonds is 4. The predicted molar refractivity (Wildman–Crippen MR) is 76.3 cm³/mol. The Kier molecular flexibility index (Phi) is 5.02. The molecule has 7 nitrogen and oxygen atoms in total. The van der Waals surface area contributed by atoms with Gasteiger partial charge in [0.05, 0.1) is 19.4 Å². The third kappa shape index (κ3) is 4.55. The maximum Gasteiger partial charge on any atom is 0.289 e. The highest BCUT2D eigenvalue weighted by molar-refractivity contribution is 7.88. The molecular weight excluding hydrogens is 296 g/mol. The monoisotopic (exact) mass is 316 g/mol. The van der Waals surface area contributed by atoms with Crippen LogP contribution in [0.25, 0.3) is 0 Å². The van der Waals surface area contributed by atoms with E-state index in [0.29, 0.717) is 25.5 Å². The Balaban J connectivity index is 2.04. The second-order valence-corrected chi connectivity index (χ2v) is 6.94. The average Bonchev–Trinajstić information content (AvgIpc) is 2.78. The minimum absolute atomic E-state index is 0.0325. The highest BCUT2D eigenvalue weighted by Crippen LogP contribution is 2.16. The van der Waals surface area contributed by atoms with Crippen LogP contribution in [-0.2, 0) is 21.3 Å². The van der Waals surface area contributed by atoms with Gasteiger partial charge in [-0.15, -0.1) is 0 Å². The van der Waals surface area contributed by atoms with Gasteiger partial charge in [-0.25, -0.2) is 13.1 Å². The number of nitrogens with zero attached hydrogens (tertiary/aromatic N) is 1. The van der Waals surface area contributed by atoms with E-state index in [1.54, 1.807) is 17.0 Å². The summed E-state index contributed by atoms with van der Waals surface area (Å²) in [6, 6.07) is 3.26. The van der Waals surface area contributed by atoms with E-state index in [1.807, 2.05) is 6.92 Å². The van der Waals surface area contributed by atoms with Gasteiger partial charge in [-0.2, -0.15) is 0 Å². The van der Waals surface area contributed by atoms with Crippen molar-refractivity contribution in [2.24, 2.45) is 0 Å². The number of carbonyl (C=O) groups excluding carboxylic acids is 1. The molecule has 1 atom stereocenters. The lowest BCUT2D eigenvalue weighted by molar-refractivity contribution is 0.0653. The Morgan fingerprint density at radius 2 is 2.19 bits per heavy atom. The van der Waals surface area contributed by atoms with Crippen LogP contribution in [0.1, 0.15) is 29.7 Å². The third-order valence-corrected chi connectivity index (χ3v) is 4.00. The van der Waals surface area contributed by atoms with Crippen LogP contribution >= 0.6 is 0 Å². The van der Waals surface area contributed by atoms with Crippen molar-refractivity contribution < 1.29 is 22.4 Å². The molecule has 8 heteroatoms. The molecule has 1 aliphatic rings. The normalized spacial score (nSPS) is 20.3. The molecule has 0 saturated carbocycles. The lowest BCUT2D eigenvalue weighted by Crippen LogP contribution is -2.39. The van der Waals surface area contributed by atoms with Gasteiger partial charge in [0.25, 0.3) is 5.91 Å². The first-order valence-electron chi connectivity index (χ1n) is 6.79. The fourth-order valence-corrected chi connectivity index (χ4v) is 2.53. The summed E-state index contributed by atoms with van der Waals surface area (Å²) in [7, 11) is -3.29. The highest BCUT2D eigenvalue weighted by Gasteiger charge is 2.25. The molecule has 0 radical (unpaired) electrons. The molecular formula is C13H20N2O5S. The maximum atomic E-state index is 12.4. The maximum absolute atomic E-state index is 12.4. The van der Waals surface area contributed by atoms with Gasteiger partial charge in [0.1, 0.15) is 5.76 Å². The van der Waals surface area contributed by atoms with E-state index in [-0.39, 0.29) is 24.3 Å². The van der Waals surface area contributed by atoms with Gasteiger partial charge in [-0.3, -0.25) is 4.79 Å². The van der Waals surface area contributed by atoms with Crippen LogP contribution in [0.4, 0.5) is 0 Å². The minimum atomic E-state index is -3.29. The fourth-order valence-electron chi connectivity index (χ4n) is 2.13. The van der Waals surface area contributed by atoms with Crippen LogP contribution in [0.3, 0.4) is 0 Å². The summed E-state index contributed by atoms with van der Waals surface area (Å²) in [4.78, 5) is 14.1. The zero-order valence-corrected chi connectivity index (χ0v) is 13.0. The van der Waals surface area contributed by atoms with Gasteiger partial charge in [-0.1, -0.05) is 0 Å². The van der Waals surface area contributed by atoms with Crippen molar-refractivity contribution >= 4 is 15.9 Å². The molecule has 1 unspecified atom stereocenters. The molecule has 1 aromatic heterocycles. The van der Waals surface area contributed by atoms with Crippen molar-refractivity contribution in [1.29, 1.82) is 0 Å². The molecule has 21 heavy (non-hydrogen) atoms. The highest BCUT2D eigenvalue weighted by atomic mass is 32.2. The molecule has 1 aliphatic heterocycles. The first-order chi connectivity index (χ1) is 9.87. The fraction of sp³-hybridized carbons (Fsp3) is 0.615. The topological polar surface area (TPSA) is 88.9 Å². The van der Waals surface area contributed by atoms with Crippen LogP contribution in [-0.4, -0.2) is 51.3 Å². The Bertz CT molecular complexity index is 595. The van der Waals surface area contributed by atoms with Crippen molar-refractivity contribution in [3.05, 3.63) is 23.7 Å². The summed E-state index contributed by atoms with van der Waals surface area (Å²) in [5.74, 6) is 0.426. The van der Waals surface area contributed by atoms with Crippen LogP contribution < -0.4 is 4.72 Å². The van der Waals surface area contributed by atoms with Crippen molar-refractivity contribution in [2.75, 3.05) is 26.0 Å². The Labute approximate surface area is 124 Å². The van der Waals surface area contributed by atoms with Crippen LogP contribution in [0.15, 0.2) is 16.5 Å². The number of hydrogen-bond donors (Lipinski definition) is 1. The van der Waals surface area contributed by atoms with Crippen molar-refractivity contribution in [1.82, 2.24) is 9.62 Å². The average molecular weight is 316 g/mol. The quantitative estimate of drug-likeness (QED) is 0.878. The number of carbonyl (C=O) groups is 1. The molecule has 1 aromatic rings. The number of amides is 1. The first kappa shape index (κ1) is 16.0. The van der Waals surface area contributed by atoms with E-state index in [1.165, 1.54) is 0 Å². The van der Waals surface area contributed by atoms with Crippen LogP contribution in [0.5, 0.6) is 0 Å². The van der Waals surface area contributed by atoms with Crippen LogP contribution in [0.2, 0.25) is 0 Å². The number of hydrogen-bond acceptors (Lipinski definition) is 5. The van der Waals surface area contributed by atoms with E-state index in [2.05, 4.69) is 4.72 Å². The molecule has 1 fully saturated rings. The van der Waals surface area contributed by atoms with E-state index in [0.717, 1.165) is 12.7 Å². The molecule has 0 aromatic carbocycles. The van der Waals surface area contributed by atoms with Gasteiger partial charge >= 0.3 is 0 Å². The van der Waals surface area contributed by atoms with E-state index >= 15 is 0 Å². The summed E-state index contributed by atoms with van der Waals surface area (Å²) in [6.07, 6.45) is 1.86. The van der Waals surface area contributed by atoms with Gasteiger partial charge < -0.3 is 14.1 Å². The summed E-state index contributed by atoms with van der Waals surface area (Å²) < 4.78 is 35.2. The van der Waals surface area contributed by atoms with Crippen molar-refractivity contribution in [3.8, 4) is 0 Å². The Hall–Kier alpha value is -1.38. The van der Waals surface area contributed by atoms with E-state index < -0.39 is 10.0 Å². The van der Waals surface area contributed by atoms with Crippen molar-refractivity contribution in [3.63, 3.8) is 0 Å². The van der Waals surface area contributed by atoms with E-state index in [4.69, 9.17) is 9.15 Å².